The van der Waals surface area contributed by atoms with Gasteiger partial charge in [0.1, 0.15) is 6.54 Å². The fraction of sp³-hybridized carbons (Fsp3) is 0.412. The number of amides is 4. The van der Waals surface area contributed by atoms with Crippen LogP contribution in [0.25, 0.3) is 0 Å². The van der Waals surface area contributed by atoms with Crippen molar-refractivity contribution in [1.82, 2.24) is 10.0 Å². The number of anilines is 1. The van der Waals surface area contributed by atoms with Crippen LogP contribution < -0.4 is 4.90 Å². The molecule has 0 spiro atoms. The highest BCUT2D eigenvalue weighted by molar-refractivity contribution is 6.35. The third-order valence-corrected chi connectivity index (χ3v) is 4.42. The molecule has 1 aliphatic heterocycles. The van der Waals surface area contributed by atoms with Crippen LogP contribution in [0.4, 0.5) is 10.5 Å². The molecule has 1 aromatic rings. The zero-order chi connectivity index (χ0) is 20.0. The number of urea groups is 1. The molecular weight excluding hydrogens is 397 g/mol. The van der Waals surface area contributed by atoms with Gasteiger partial charge in [-0.1, -0.05) is 29.6 Å². The number of imide groups is 1. The van der Waals surface area contributed by atoms with Crippen LogP contribution in [0.15, 0.2) is 18.2 Å². The number of hydrogen-bond acceptors (Lipinski definition) is 5. The zero-order valence-electron chi connectivity index (χ0n) is 14.7. The van der Waals surface area contributed by atoms with Crippen LogP contribution in [0.3, 0.4) is 0 Å². The number of ether oxygens (including phenoxy) is 1. The third-order valence-electron chi connectivity index (χ3n) is 3.98. The van der Waals surface area contributed by atoms with Gasteiger partial charge in [0, 0.05) is 23.0 Å². The molecule has 1 fully saturated rings. The summed E-state index contributed by atoms with van der Waals surface area (Å²) in [6, 6.07) is 3.73. The summed E-state index contributed by atoms with van der Waals surface area (Å²) >= 11 is 11.9. The zero-order valence-corrected chi connectivity index (χ0v) is 16.2. The molecule has 1 saturated heterocycles. The molecule has 0 saturated carbocycles. The first-order valence-corrected chi connectivity index (χ1v) is 9.02. The van der Waals surface area contributed by atoms with E-state index in [4.69, 9.17) is 23.2 Å². The lowest BCUT2D eigenvalue weighted by atomic mass is 10.2. The minimum Gasteiger partial charge on any atom is -0.469 e. The van der Waals surface area contributed by atoms with Gasteiger partial charge in [-0.05, 0) is 31.0 Å². The lowest BCUT2D eigenvalue weighted by Crippen LogP contribution is -2.45. The van der Waals surface area contributed by atoms with Crippen LogP contribution in [0.1, 0.15) is 25.7 Å². The van der Waals surface area contributed by atoms with Gasteiger partial charge in [0.15, 0.2) is 0 Å². The molecule has 0 bridgehead atoms. The highest BCUT2D eigenvalue weighted by Gasteiger charge is 2.40. The number of benzene rings is 1. The highest BCUT2D eigenvalue weighted by Crippen LogP contribution is 2.28. The van der Waals surface area contributed by atoms with E-state index in [0.717, 1.165) is 14.9 Å². The summed E-state index contributed by atoms with van der Waals surface area (Å²) in [5, 5.41) is 2.80. The van der Waals surface area contributed by atoms with Crippen molar-refractivity contribution >= 4 is 53.2 Å². The predicted molar refractivity (Wildman–Crippen MR) is 99.3 cm³/mol. The summed E-state index contributed by atoms with van der Waals surface area (Å²) in [5.74, 6) is -0.783. The van der Waals surface area contributed by atoms with Crippen molar-refractivity contribution in [3.63, 3.8) is 0 Å². The van der Waals surface area contributed by atoms with Crippen LogP contribution >= 0.6 is 23.2 Å². The van der Waals surface area contributed by atoms with Crippen molar-refractivity contribution in [3.05, 3.63) is 28.2 Å². The fourth-order valence-corrected chi connectivity index (χ4v) is 3.18. The topological polar surface area (TPSA) is 87.2 Å². The molecule has 0 unspecified atom stereocenters. The van der Waals surface area contributed by atoms with Gasteiger partial charge in [0.25, 0.3) is 5.91 Å². The van der Waals surface area contributed by atoms with E-state index in [1.54, 1.807) is 0 Å². The number of nitrogens with zero attached hydrogens (tertiary/aromatic N) is 3. The largest absolute Gasteiger partial charge is 0.469 e. The van der Waals surface area contributed by atoms with Crippen LogP contribution in [0, 0.1) is 0 Å². The molecule has 146 valence electrons. The van der Waals surface area contributed by atoms with Gasteiger partial charge >= 0.3 is 12.0 Å². The molecule has 4 amide bonds. The SMILES string of the molecule is COC(=O)CCCCCN(C=O)N1CC(=O)N(c2cc(Cl)cc(Cl)c2)C1=O. The Balaban J connectivity index is 1.99. The van der Waals surface area contributed by atoms with Crippen molar-refractivity contribution in [2.24, 2.45) is 0 Å². The van der Waals surface area contributed by atoms with E-state index in [2.05, 4.69) is 4.74 Å². The van der Waals surface area contributed by atoms with Gasteiger partial charge in [0.2, 0.25) is 6.41 Å². The maximum absolute atomic E-state index is 12.6. The number of methoxy groups -OCH3 is 1. The number of hydrogen-bond donors (Lipinski definition) is 0. The number of unbranched alkanes of at least 4 members (excludes halogenated alkanes) is 2. The van der Waals surface area contributed by atoms with Gasteiger partial charge in [-0.3, -0.25) is 19.4 Å². The smallest absolute Gasteiger partial charge is 0.350 e. The molecule has 0 aliphatic carbocycles. The maximum Gasteiger partial charge on any atom is 0.350 e. The number of hydrazine groups is 1. The number of carbonyl (C=O) groups excluding carboxylic acids is 4. The van der Waals surface area contributed by atoms with Crippen molar-refractivity contribution in [3.8, 4) is 0 Å². The number of esters is 1. The van der Waals surface area contributed by atoms with E-state index in [1.165, 1.54) is 25.3 Å². The molecule has 0 atom stereocenters. The summed E-state index contributed by atoms with van der Waals surface area (Å²) in [7, 11) is 1.32. The van der Waals surface area contributed by atoms with E-state index in [1.807, 2.05) is 0 Å². The Kier molecular flexibility index (Phi) is 7.44. The van der Waals surface area contributed by atoms with E-state index in [-0.39, 0.29) is 34.8 Å². The summed E-state index contributed by atoms with van der Waals surface area (Å²) < 4.78 is 4.56. The lowest BCUT2D eigenvalue weighted by Gasteiger charge is -2.27. The van der Waals surface area contributed by atoms with Crippen LogP contribution in [0.2, 0.25) is 10.0 Å². The Labute approximate surface area is 166 Å². The minimum atomic E-state index is -0.653. The van der Waals surface area contributed by atoms with Crippen molar-refractivity contribution < 1.29 is 23.9 Å². The molecule has 10 heteroatoms. The molecule has 2 rings (SSSR count). The molecule has 27 heavy (non-hydrogen) atoms. The Morgan fingerprint density at radius 2 is 1.85 bits per heavy atom. The van der Waals surface area contributed by atoms with Crippen molar-refractivity contribution in [1.29, 1.82) is 0 Å². The van der Waals surface area contributed by atoms with Gasteiger partial charge in [-0.25, -0.2) is 14.7 Å². The maximum atomic E-state index is 12.6. The van der Waals surface area contributed by atoms with Crippen LogP contribution in [-0.2, 0) is 19.1 Å². The van der Waals surface area contributed by atoms with Crippen LogP contribution in [0.5, 0.6) is 0 Å². The van der Waals surface area contributed by atoms with Gasteiger partial charge in [0.05, 0.1) is 12.8 Å². The Morgan fingerprint density at radius 3 is 2.44 bits per heavy atom. The fourth-order valence-electron chi connectivity index (χ4n) is 2.66. The lowest BCUT2D eigenvalue weighted by molar-refractivity contribution is -0.140. The van der Waals surface area contributed by atoms with Gasteiger partial charge < -0.3 is 4.74 Å². The third kappa shape index (κ3) is 5.33. The average molecular weight is 416 g/mol. The Morgan fingerprint density at radius 1 is 1.19 bits per heavy atom. The monoisotopic (exact) mass is 415 g/mol. The van der Waals surface area contributed by atoms with Crippen molar-refractivity contribution in [2.45, 2.75) is 25.7 Å². The van der Waals surface area contributed by atoms with E-state index < -0.39 is 11.9 Å². The van der Waals surface area contributed by atoms with E-state index in [0.29, 0.717) is 32.1 Å². The molecule has 1 aromatic carbocycles. The normalized spacial score (nSPS) is 13.9. The van der Waals surface area contributed by atoms with Crippen molar-refractivity contribution in [2.75, 3.05) is 25.1 Å². The second-order valence-electron chi connectivity index (χ2n) is 5.85. The van der Waals surface area contributed by atoms with E-state index >= 15 is 0 Å². The highest BCUT2D eigenvalue weighted by atomic mass is 35.5. The Bertz CT molecular complexity index is 723. The first-order chi connectivity index (χ1) is 12.9. The summed E-state index contributed by atoms with van der Waals surface area (Å²) in [5.41, 5.74) is 0.244. The summed E-state index contributed by atoms with van der Waals surface area (Å²) in [6.45, 7) is -0.0162. The van der Waals surface area contributed by atoms with Gasteiger partial charge in [-0.2, -0.15) is 0 Å². The second kappa shape index (κ2) is 9.57. The molecule has 1 heterocycles. The molecule has 0 radical (unpaired) electrons. The molecule has 0 N–H and O–H groups in total. The molecule has 0 aromatic heterocycles. The molecule has 1 aliphatic rings. The number of carbonyl (C=O) groups is 4. The first kappa shape index (κ1) is 21.0. The average Bonchev–Trinajstić information content (AvgIpc) is 2.91. The number of halogens is 2. The van der Waals surface area contributed by atoms with Crippen LogP contribution in [-0.4, -0.2) is 54.5 Å². The second-order valence-corrected chi connectivity index (χ2v) is 6.73. The number of rotatable bonds is 9. The Hall–Kier alpha value is -2.32. The molecule has 8 nitrogen and oxygen atoms in total. The predicted octanol–water partition coefficient (Wildman–Crippen LogP) is 2.87. The summed E-state index contributed by atoms with van der Waals surface area (Å²) in [6.07, 6.45) is 2.64. The minimum absolute atomic E-state index is 0.244. The molecular formula is C17H19Cl2N3O5. The summed E-state index contributed by atoms with van der Waals surface area (Å²) in [4.78, 5) is 48.3. The quantitative estimate of drug-likeness (QED) is 0.267. The standard InChI is InChI=1S/C17H19Cl2N3O5/c1-27-16(25)5-3-2-4-6-20(11-23)21-10-15(24)22(17(21)26)14-8-12(18)7-13(19)9-14/h7-9,11H,2-6,10H2,1H3. The van der Waals surface area contributed by atoms with Gasteiger partial charge in [-0.15, -0.1) is 0 Å². The van der Waals surface area contributed by atoms with E-state index in [9.17, 15) is 19.2 Å². The first-order valence-electron chi connectivity index (χ1n) is 8.26.